The SMILES string of the molecule is FCC=CC1C=[C]c2ccccc21. The minimum atomic E-state index is -0.396. The maximum atomic E-state index is 11.9. The third kappa shape index (κ3) is 1.55. The second kappa shape index (κ2) is 3.56. The Hall–Kier alpha value is -1.37. The lowest BCUT2D eigenvalue weighted by Crippen LogP contribution is -1.88. The number of fused-ring (bicyclic) bond motifs is 1. The highest BCUT2D eigenvalue weighted by Gasteiger charge is 2.13. The lowest BCUT2D eigenvalue weighted by atomic mass is 10.0. The summed E-state index contributed by atoms with van der Waals surface area (Å²) in [7, 11) is 0. The van der Waals surface area contributed by atoms with Gasteiger partial charge in [0.2, 0.25) is 0 Å². The molecule has 1 radical (unpaired) electrons. The van der Waals surface area contributed by atoms with Crippen molar-refractivity contribution in [3.05, 3.63) is 59.7 Å². The summed E-state index contributed by atoms with van der Waals surface area (Å²) in [6.07, 6.45) is 8.55. The number of benzene rings is 1. The van der Waals surface area contributed by atoms with Crippen molar-refractivity contribution in [2.24, 2.45) is 0 Å². The zero-order chi connectivity index (χ0) is 9.10. The Bertz CT molecular complexity index is 350. The molecule has 0 N–H and O–H groups in total. The van der Waals surface area contributed by atoms with Gasteiger partial charge in [0.05, 0.1) is 0 Å². The van der Waals surface area contributed by atoms with Crippen molar-refractivity contribution in [1.82, 2.24) is 0 Å². The Morgan fingerprint density at radius 1 is 1.38 bits per heavy atom. The summed E-state index contributed by atoms with van der Waals surface area (Å²) >= 11 is 0. The summed E-state index contributed by atoms with van der Waals surface area (Å²) in [5.74, 6) is 0.215. The predicted molar refractivity (Wildman–Crippen MR) is 51.2 cm³/mol. The van der Waals surface area contributed by atoms with E-state index in [1.54, 1.807) is 6.08 Å². The molecule has 1 aromatic rings. The molecule has 0 aromatic heterocycles. The van der Waals surface area contributed by atoms with Crippen LogP contribution in [0.3, 0.4) is 0 Å². The van der Waals surface area contributed by atoms with Crippen LogP contribution in [0.2, 0.25) is 0 Å². The van der Waals surface area contributed by atoms with Gasteiger partial charge in [-0.15, -0.1) is 0 Å². The monoisotopic (exact) mass is 173 g/mol. The Kier molecular flexibility index (Phi) is 2.26. The van der Waals surface area contributed by atoms with E-state index in [0.29, 0.717) is 0 Å². The molecule has 2 rings (SSSR count). The Morgan fingerprint density at radius 3 is 3.08 bits per heavy atom. The lowest BCUT2D eigenvalue weighted by molar-refractivity contribution is 0.560. The second-order valence-electron chi connectivity index (χ2n) is 3.01. The van der Waals surface area contributed by atoms with E-state index in [1.165, 1.54) is 5.56 Å². The van der Waals surface area contributed by atoms with E-state index in [9.17, 15) is 4.39 Å². The zero-order valence-electron chi connectivity index (χ0n) is 7.20. The minimum Gasteiger partial charge on any atom is -0.247 e. The Balaban J connectivity index is 2.28. The van der Waals surface area contributed by atoms with Crippen LogP contribution in [0.1, 0.15) is 17.0 Å². The molecule has 1 unspecified atom stereocenters. The highest BCUT2D eigenvalue weighted by molar-refractivity contribution is 5.45. The zero-order valence-corrected chi connectivity index (χ0v) is 7.20. The van der Waals surface area contributed by atoms with Gasteiger partial charge in [0.15, 0.2) is 0 Å². The fraction of sp³-hybridized carbons (Fsp3) is 0.167. The average Bonchev–Trinajstić information content (AvgIpc) is 2.58. The van der Waals surface area contributed by atoms with Crippen LogP contribution in [0.4, 0.5) is 4.39 Å². The summed E-state index contributed by atoms with van der Waals surface area (Å²) in [6, 6.07) is 8.06. The quantitative estimate of drug-likeness (QED) is 0.603. The van der Waals surface area contributed by atoms with Crippen LogP contribution in [-0.2, 0) is 0 Å². The van der Waals surface area contributed by atoms with E-state index in [2.05, 4.69) is 12.1 Å². The van der Waals surface area contributed by atoms with Gasteiger partial charge in [-0.25, -0.2) is 4.39 Å². The Morgan fingerprint density at radius 2 is 2.23 bits per heavy atom. The van der Waals surface area contributed by atoms with Crippen LogP contribution in [-0.4, -0.2) is 6.67 Å². The number of halogens is 1. The van der Waals surface area contributed by atoms with Crippen LogP contribution in [0, 0.1) is 6.08 Å². The fourth-order valence-corrected chi connectivity index (χ4v) is 1.55. The van der Waals surface area contributed by atoms with Gasteiger partial charge in [-0.2, -0.15) is 0 Å². The van der Waals surface area contributed by atoms with Crippen LogP contribution >= 0.6 is 0 Å². The first-order valence-corrected chi connectivity index (χ1v) is 4.33. The molecule has 0 saturated carbocycles. The first-order chi connectivity index (χ1) is 6.42. The van der Waals surface area contributed by atoms with E-state index < -0.39 is 6.67 Å². The summed E-state index contributed by atoms with van der Waals surface area (Å²) in [6.45, 7) is -0.396. The molecule has 1 atom stereocenters. The van der Waals surface area contributed by atoms with Crippen LogP contribution in [0.15, 0.2) is 42.5 Å². The van der Waals surface area contributed by atoms with Crippen molar-refractivity contribution in [1.29, 1.82) is 0 Å². The minimum absolute atomic E-state index is 0.215. The summed E-state index contributed by atoms with van der Waals surface area (Å²) in [5.41, 5.74) is 2.34. The summed E-state index contributed by atoms with van der Waals surface area (Å²) < 4.78 is 11.9. The molecular weight excluding hydrogens is 163 g/mol. The molecule has 0 saturated heterocycles. The van der Waals surface area contributed by atoms with Gasteiger partial charge in [0, 0.05) is 5.92 Å². The largest absolute Gasteiger partial charge is 0.247 e. The molecule has 0 amide bonds. The van der Waals surface area contributed by atoms with Crippen LogP contribution in [0.5, 0.6) is 0 Å². The maximum absolute atomic E-state index is 11.9. The van der Waals surface area contributed by atoms with Crippen LogP contribution < -0.4 is 0 Å². The van der Waals surface area contributed by atoms with Crippen molar-refractivity contribution in [2.45, 2.75) is 5.92 Å². The van der Waals surface area contributed by atoms with E-state index in [1.807, 2.05) is 30.4 Å². The number of allylic oxidation sites excluding steroid dienone is 3. The van der Waals surface area contributed by atoms with Gasteiger partial charge >= 0.3 is 0 Å². The predicted octanol–water partition coefficient (Wildman–Crippen LogP) is 3.02. The fourth-order valence-electron chi connectivity index (χ4n) is 1.55. The van der Waals surface area contributed by atoms with Crippen molar-refractivity contribution in [2.75, 3.05) is 6.67 Å². The normalized spacial score (nSPS) is 19.6. The molecule has 0 bridgehead atoms. The van der Waals surface area contributed by atoms with E-state index in [-0.39, 0.29) is 5.92 Å². The molecule has 0 nitrogen and oxygen atoms in total. The van der Waals surface area contributed by atoms with Crippen molar-refractivity contribution in [3.8, 4) is 0 Å². The highest BCUT2D eigenvalue weighted by atomic mass is 19.1. The first kappa shape index (κ1) is 8.24. The Labute approximate surface area is 77.4 Å². The van der Waals surface area contributed by atoms with Gasteiger partial charge in [-0.05, 0) is 17.2 Å². The topological polar surface area (TPSA) is 0 Å². The molecule has 0 spiro atoms. The first-order valence-electron chi connectivity index (χ1n) is 4.33. The van der Waals surface area contributed by atoms with Gasteiger partial charge < -0.3 is 0 Å². The number of hydrogen-bond donors (Lipinski definition) is 0. The van der Waals surface area contributed by atoms with Crippen molar-refractivity contribution in [3.63, 3.8) is 0 Å². The maximum Gasteiger partial charge on any atom is 0.108 e. The van der Waals surface area contributed by atoms with Crippen molar-refractivity contribution < 1.29 is 4.39 Å². The molecule has 1 aliphatic carbocycles. The summed E-state index contributed by atoms with van der Waals surface area (Å²) in [5, 5.41) is 0. The third-order valence-corrected chi connectivity index (χ3v) is 2.17. The molecule has 1 aromatic carbocycles. The lowest BCUT2D eigenvalue weighted by Gasteiger charge is -2.03. The smallest absolute Gasteiger partial charge is 0.108 e. The molecule has 0 fully saturated rings. The molecule has 1 aliphatic rings. The van der Waals surface area contributed by atoms with Gasteiger partial charge in [0.1, 0.15) is 6.67 Å². The van der Waals surface area contributed by atoms with Crippen molar-refractivity contribution >= 4 is 0 Å². The van der Waals surface area contributed by atoms with Gasteiger partial charge in [-0.3, -0.25) is 0 Å². The molecule has 13 heavy (non-hydrogen) atoms. The van der Waals surface area contributed by atoms with Crippen LogP contribution in [0.25, 0.3) is 0 Å². The van der Waals surface area contributed by atoms with E-state index in [0.717, 1.165) is 5.56 Å². The second-order valence-corrected chi connectivity index (χ2v) is 3.01. The molecule has 65 valence electrons. The molecular formula is C12H10F. The average molecular weight is 173 g/mol. The number of rotatable bonds is 2. The molecule has 1 heteroatoms. The number of hydrogen-bond acceptors (Lipinski definition) is 0. The molecule has 0 aliphatic heterocycles. The summed E-state index contributed by atoms with van der Waals surface area (Å²) in [4.78, 5) is 0. The third-order valence-electron chi connectivity index (χ3n) is 2.17. The van der Waals surface area contributed by atoms with Gasteiger partial charge in [-0.1, -0.05) is 42.5 Å². The van der Waals surface area contributed by atoms with E-state index in [4.69, 9.17) is 0 Å². The number of alkyl halides is 1. The highest BCUT2D eigenvalue weighted by Crippen LogP contribution is 2.28. The standard InChI is InChI=1S/C12H10F/c13-9-3-5-11-8-7-10-4-1-2-6-12(10)11/h1-6,8,11H,9H2. The van der Waals surface area contributed by atoms with Gasteiger partial charge in [0.25, 0.3) is 0 Å². The molecule has 0 heterocycles. The van der Waals surface area contributed by atoms with E-state index >= 15 is 0 Å².